The van der Waals surface area contributed by atoms with Crippen molar-refractivity contribution < 1.29 is 23.0 Å². The summed E-state index contributed by atoms with van der Waals surface area (Å²) in [5, 5.41) is 0. The van der Waals surface area contributed by atoms with E-state index in [4.69, 9.17) is 14.2 Å². The molecule has 1 aliphatic rings. The van der Waals surface area contributed by atoms with Gasteiger partial charge in [-0.15, -0.1) is 6.58 Å². The van der Waals surface area contributed by atoms with E-state index in [1.165, 1.54) is 12.1 Å². The Labute approximate surface area is 171 Å². The second kappa shape index (κ2) is 10.4. The average Bonchev–Trinajstić information content (AvgIpc) is 2.76. The van der Waals surface area contributed by atoms with Gasteiger partial charge >= 0.3 is 0 Å². The summed E-state index contributed by atoms with van der Waals surface area (Å²) in [5.74, 6) is -1.69. The van der Waals surface area contributed by atoms with Gasteiger partial charge in [0, 0.05) is 0 Å². The van der Waals surface area contributed by atoms with Crippen LogP contribution in [0.3, 0.4) is 0 Å². The van der Waals surface area contributed by atoms with Crippen molar-refractivity contribution in [2.45, 2.75) is 45.3 Å². The van der Waals surface area contributed by atoms with Crippen LogP contribution in [0, 0.1) is 17.6 Å². The Morgan fingerprint density at radius 3 is 2.31 bits per heavy atom. The molecule has 1 fully saturated rings. The molecule has 1 saturated heterocycles. The first kappa shape index (κ1) is 21.3. The molecule has 0 aromatic heterocycles. The molecule has 2 aromatic carbocycles. The molecule has 0 amide bonds. The van der Waals surface area contributed by atoms with Crippen molar-refractivity contribution in [2.75, 3.05) is 13.2 Å². The lowest BCUT2D eigenvalue weighted by Gasteiger charge is -2.29. The molecule has 29 heavy (non-hydrogen) atoms. The number of allylic oxidation sites excluding steroid dienone is 1. The lowest BCUT2D eigenvalue weighted by molar-refractivity contribution is -0.0190. The van der Waals surface area contributed by atoms with Gasteiger partial charge < -0.3 is 14.2 Å². The molecule has 0 aliphatic carbocycles. The monoisotopic (exact) mass is 402 g/mol. The summed E-state index contributed by atoms with van der Waals surface area (Å²) in [6.45, 7) is 6.69. The molecule has 0 bridgehead atoms. The number of hydrogen-bond acceptors (Lipinski definition) is 3. The Bertz CT molecular complexity index is 797. The second-order valence-corrected chi connectivity index (χ2v) is 7.28. The van der Waals surface area contributed by atoms with Gasteiger partial charge in [-0.3, -0.25) is 0 Å². The molecule has 0 spiro atoms. The lowest BCUT2D eigenvalue weighted by atomic mass is 9.91. The number of hydrogen-bond donors (Lipinski definition) is 0. The summed E-state index contributed by atoms with van der Waals surface area (Å²) < 4.78 is 44.6. The summed E-state index contributed by atoms with van der Waals surface area (Å²) in [6.07, 6.45) is 6.41. The number of benzene rings is 2. The van der Waals surface area contributed by atoms with Gasteiger partial charge in [-0.2, -0.15) is 8.78 Å². The zero-order valence-electron chi connectivity index (χ0n) is 16.8. The Morgan fingerprint density at radius 1 is 1.03 bits per heavy atom. The van der Waals surface area contributed by atoms with E-state index < -0.39 is 11.6 Å². The van der Waals surface area contributed by atoms with Gasteiger partial charge in [0.1, 0.15) is 6.61 Å². The third-order valence-electron chi connectivity index (χ3n) is 5.21. The maximum absolute atomic E-state index is 14.1. The third-order valence-corrected chi connectivity index (χ3v) is 5.21. The first-order valence-electron chi connectivity index (χ1n) is 10.2. The zero-order valence-corrected chi connectivity index (χ0v) is 16.8. The van der Waals surface area contributed by atoms with Crippen molar-refractivity contribution in [3.63, 3.8) is 0 Å². The molecule has 2 atom stereocenters. The number of rotatable bonds is 9. The van der Waals surface area contributed by atoms with Crippen molar-refractivity contribution in [1.82, 2.24) is 0 Å². The van der Waals surface area contributed by atoms with Gasteiger partial charge in [0.2, 0.25) is 11.6 Å². The van der Waals surface area contributed by atoms with Gasteiger partial charge in [-0.25, -0.2) is 0 Å². The molecule has 3 rings (SSSR count). The minimum Gasteiger partial charge on any atom is -0.491 e. The van der Waals surface area contributed by atoms with E-state index in [1.54, 1.807) is 6.92 Å². The van der Waals surface area contributed by atoms with Gasteiger partial charge in [-0.1, -0.05) is 30.3 Å². The topological polar surface area (TPSA) is 27.7 Å². The molecular formula is C24H28F2O3. The van der Waals surface area contributed by atoms with Crippen LogP contribution in [-0.4, -0.2) is 13.2 Å². The van der Waals surface area contributed by atoms with E-state index in [2.05, 4.69) is 6.58 Å². The molecule has 0 radical (unpaired) electrons. The minimum atomic E-state index is -1.03. The van der Waals surface area contributed by atoms with E-state index in [0.29, 0.717) is 5.92 Å². The number of ether oxygens (including phenoxy) is 3. The Morgan fingerprint density at radius 2 is 1.72 bits per heavy atom. The van der Waals surface area contributed by atoms with Gasteiger partial charge in [0.15, 0.2) is 11.5 Å². The first-order valence-corrected chi connectivity index (χ1v) is 10.2. The predicted molar refractivity (Wildman–Crippen MR) is 109 cm³/mol. The highest BCUT2D eigenvalue weighted by Gasteiger charge is 2.22. The fourth-order valence-electron chi connectivity index (χ4n) is 3.53. The minimum absolute atomic E-state index is 0.110. The van der Waals surface area contributed by atoms with Crippen LogP contribution in [0.15, 0.2) is 49.1 Å². The zero-order chi connectivity index (χ0) is 20.6. The lowest BCUT2D eigenvalue weighted by Crippen LogP contribution is -2.20. The van der Waals surface area contributed by atoms with Gasteiger partial charge in [-0.05, 0) is 61.8 Å². The molecular weight excluding hydrogens is 374 g/mol. The average molecular weight is 402 g/mol. The summed E-state index contributed by atoms with van der Waals surface area (Å²) in [7, 11) is 0. The molecule has 156 valence electrons. The molecule has 2 unspecified atom stereocenters. The standard InChI is InChI=1S/C24H28F2O3/c1-3-5-6-17-9-12-20(28-15-17)19-10-7-18(8-11-19)16-29-22-14-13-21(27-4-2)23(25)24(22)26/h3,7-8,10-11,13-14,17,20H,1,4-6,9,12,15-16H2,2H3. The molecule has 2 aromatic rings. The Kier molecular flexibility index (Phi) is 7.64. The smallest absolute Gasteiger partial charge is 0.204 e. The van der Waals surface area contributed by atoms with Gasteiger partial charge in [0.25, 0.3) is 0 Å². The van der Waals surface area contributed by atoms with E-state index in [0.717, 1.165) is 43.4 Å². The SMILES string of the molecule is C=CCCC1CCC(c2ccc(COc3ccc(OCC)c(F)c3F)cc2)OC1. The van der Waals surface area contributed by atoms with Crippen LogP contribution in [0.5, 0.6) is 11.5 Å². The van der Waals surface area contributed by atoms with E-state index in [-0.39, 0.29) is 30.8 Å². The van der Waals surface area contributed by atoms with Crippen LogP contribution in [0.2, 0.25) is 0 Å². The summed E-state index contributed by atoms with van der Waals surface area (Å²) in [6, 6.07) is 10.7. The van der Waals surface area contributed by atoms with Crippen molar-refractivity contribution in [1.29, 1.82) is 0 Å². The molecule has 0 N–H and O–H groups in total. The molecule has 0 saturated carbocycles. The molecule has 3 nitrogen and oxygen atoms in total. The maximum Gasteiger partial charge on any atom is 0.204 e. The Hall–Kier alpha value is -2.40. The summed E-state index contributed by atoms with van der Waals surface area (Å²) in [4.78, 5) is 0. The van der Waals surface area contributed by atoms with Crippen LogP contribution in [0.1, 0.15) is 49.8 Å². The van der Waals surface area contributed by atoms with E-state index in [9.17, 15) is 8.78 Å². The van der Waals surface area contributed by atoms with Crippen molar-refractivity contribution in [3.8, 4) is 11.5 Å². The molecule has 5 heteroatoms. The second-order valence-electron chi connectivity index (χ2n) is 7.28. The van der Waals surface area contributed by atoms with Crippen LogP contribution in [0.4, 0.5) is 8.78 Å². The normalized spacial score (nSPS) is 19.0. The first-order chi connectivity index (χ1) is 14.1. The van der Waals surface area contributed by atoms with Crippen LogP contribution < -0.4 is 9.47 Å². The van der Waals surface area contributed by atoms with Crippen molar-refractivity contribution in [2.24, 2.45) is 5.92 Å². The fraction of sp³-hybridized carbons (Fsp3) is 0.417. The number of halogens is 2. The molecule has 1 aliphatic heterocycles. The molecule has 1 heterocycles. The highest BCUT2D eigenvalue weighted by atomic mass is 19.2. The maximum atomic E-state index is 14.1. The highest BCUT2D eigenvalue weighted by molar-refractivity contribution is 5.35. The predicted octanol–water partition coefficient (Wildman–Crippen LogP) is 6.38. The van der Waals surface area contributed by atoms with Crippen molar-refractivity contribution in [3.05, 3.63) is 71.8 Å². The Balaban J connectivity index is 1.54. The van der Waals surface area contributed by atoms with E-state index in [1.807, 2.05) is 30.3 Å². The fourth-order valence-corrected chi connectivity index (χ4v) is 3.53. The van der Waals surface area contributed by atoms with Gasteiger partial charge in [0.05, 0.1) is 19.3 Å². The van der Waals surface area contributed by atoms with Crippen LogP contribution in [0.25, 0.3) is 0 Å². The summed E-state index contributed by atoms with van der Waals surface area (Å²) >= 11 is 0. The quantitative estimate of drug-likeness (QED) is 0.456. The van der Waals surface area contributed by atoms with E-state index >= 15 is 0 Å². The third kappa shape index (κ3) is 5.57. The van der Waals surface area contributed by atoms with Crippen molar-refractivity contribution >= 4 is 0 Å². The summed E-state index contributed by atoms with van der Waals surface area (Å²) in [5.41, 5.74) is 2.01. The van der Waals surface area contributed by atoms with Crippen LogP contribution >= 0.6 is 0 Å². The largest absolute Gasteiger partial charge is 0.491 e. The highest BCUT2D eigenvalue weighted by Crippen LogP contribution is 2.33. The van der Waals surface area contributed by atoms with Crippen LogP contribution in [-0.2, 0) is 11.3 Å².